The van der Waals surface area contributed by atoms with E-state index in [1.54, 1.807) is 25.3 Å². The first-order valence-corrected chi connectivity index (χ1v) is 9.01. The maximum absolute atomic E-state index is 12.0. The first kappa shape index (κ1) is 18.8. The Morgan fingerprint density at radius 3 is 2.71 bits per heavy atom. The number of carbonyl (C=O) groups excluding carboxylic acids is 2. The molecule has 1 saturated carbocycles. The van der Waals surface area contributed by atoms with Gasteiger partial charge < -0.3 is 14.8 Å². The quantitative estimate of drug-likeness (QED) is 0.771. The molecular formula is C18H24BrNO4. The number of ether oxygens (including phenoxy) is 2. The molecule has 24 heavy (non-hydrogen) atoms. The number of hydrogen-bond donors (Lipinski definition) is 1. The summed E-state index contributed by atoms with van der Waals surface area (Å²) in [4.78, 5) is 24.1. The molecule has 2 rings (SSSR count). The molecule has 0 radical (unpaired) electrons. The molecule has 1 aliphatic carbocycles. The molecule has 0 saturated heterocycles. The van der Waals surface area contributed by atoms with E-state index in [4.69, 9.17) is 9.47 Å². The van der Waals surface area contributed by atoms with Crippen LogP contribution in [0.15, 0.2) is 22.7 Å². The molecule has 1 amide bonds. The Bertz CT molecular complexity index is 605. The number of amides is 1. The van der Waals surface area contributed by atoms with Gasteiger partial charge in [-0.1, -0.05) is 26.7 Å². The third kappa shape index (κ3) is 4.72. The van der Waals surface area contributed by atoms with Gasteiger partial charge in [0.25, 0.3) is 5.91 Å². The SMILES string of the molecule is COc1ccc(C(=O)OCC(=O)N[C@@H]2CCC[C@@H](C)[C@H]2C)cc1Br. The second kappa shape index (κ2) is 8.51. The van der Waals surface area contributed by atoms with Crippen molar-refractivity contribution < 1.29 is 19.1 Å². The highest BCUT2D eigenvalue weighted by Gasteiger charge is 2.28. The zero-order valence-corrected chi connectivity index (χ0v) is 15.9. The predicted molar refractivity (Wildman–Crippen MR) is 95.1 cm³/mol. The monoisotopic (exact) mass is 397 g/mol. The van der Waals surface area contributed by atoms with Crippen molar-refractivity contribution in [2.75, 3.05) is 13.7 Å². The van der Waals surface area contributed by atoms with Crippen LogP contribution in [0.5, 0.6) is 5.75 Å². The van der Waals surface area contributed by atoms with Crippen LogP contribution in [0.2, 0.25) is 0 Å². The van der Waals surface area contributed by atoms with Crippen LogP contribution in [0.25, 0.3) is 0 Å². The highest BCUT2D eigenvalue weighted by atomic mass is 79.9. The molecule has 0 aliphatic heterocycles. The first-order valence-electron chi connectivity index (χ1n) is 8.22. The van der Waals surface area contributed by atoms with Crippen LogP contribution in [0.1, 0.15) is 43.5 Å². The molecule has 1 aromatic rings. The Morgan fingerprint density at radius 2 is 2.04 bits per heavy atom. The number of rotatable bonds is 5. The second-order valence-electron chi connectivity index (χ2n) is 6.37. The summed E-state index contributed by atoms with van der Waals surface area (Å²) in [5, 5.41) is 2.99. The Morgan fingerprint density at radius 1 is 1.29 bits per heavy atom. The summed E-state index contributed by atoms with van der Waals surface area (Å²) in [7, 11) is 1.55. The normalized spacial score (nSPS) is 23.4. The van der Waals surface area contributed by atoms with Crippen molar-refractivity contribution in [1.29, 1.82) is 0 Å². The zero-order valence-electron chi connectivity index (χ0n) is 14.3. The standard InChI is InChI=1S/C18H24BrNO4/c1-11-5-4-6-15(12(11)2)20-17(21)10-24-18(22)13-7-8-16(23-3)14(19)9-13/h7-9,11-12,15H,4-6,10H2,1-3H3,(H,20,21)/t11-,12-,15-/m1/s1. The molecule has 6 heteroatoms. The van der Waals surface area contributed by atoms with Gasteiger partial charge in [0.1, 0.15) is 5.75 Å². The van der Waals surface area contributed by atoms with Gasteiger partial charge in [-0.05, 0) is 52.4 Å². The molecule has 3 atom stereocenters. The first-order chi connectivity index (χ1) is 11.4. The van der Waals surface area contributed by atoms with E-state index in [1.165, 1.54) is 6.42 Å². The van der Waals surface area contributed by atoms with Crippen molar-refractivity contribution >= 4 is 27.8 Å². The number of esters is 1. The van der Waals surface area contributed by atoms with E-state index in [0.717, 1.165) is 12.8 Å². The fourth-order valence-electron chi connectivity index (χ4n) is 3.04. The average molecular weight is 398 g/mol. The molecule has 5 nitrogen and oxygen atoms in total. The van der Waals surface area contributed by atoms with Crippen molar-refractivity contribution in [3.8, 4) is 5.75 Å². The topological polar surface area (TPSA) is 64.6 Å². The zero-order chi connectivity index (χ0) is 17.7. The third-order valence-electron chi connectivity index (χ3n) is 4.78. The van der Waals surface area contributed by atoms with Crippen molar-refractivity contribution in [1.82, 2.24) is 5.32 Å². The minimum absolute atomic E-state index is 0.162. The Labute approximate surface area is 151 Å². The summed E-state index contributed by atoms with van der Waals surface area (Å²) in [6.07, 6.45) is 3.31. The predicted octanol–water partition coefficient (Wildman–Crippen LogP) is 3.56. The summed E-state index contributed by atoms with van der Waals surface area (Å²) >= 11 is 3.32. The van der Waals surface area contributed by atoms with E-state index in [2.05, 4.69) is 35.1 Å². The maximum atomic E-state index is 12.0. The molecule has 1 N–H and O–H groups in total. The molecule has 0 spiro atoms. The number of carbonyl (C=O) groups is 2. The highest BCUT2D eigenvalue weighted by Crippen LogP contribution is 2.29. The van der Waals surface area contributed by atoms with Crippen molar-refractivity contribution in [3.63, 3.8) is 0 Å². The Balaban J connectivity index is 1.85. The molecule has 1 aliphatic rings. The lowest BCUT2D eigenvalue weighted by Gasteiger charge is -2.34. The summed E-state index contributed by atoms with van der Waals surface area (Å²) < 4.78 is 10.9. The smallest absolute Gasteiger partial charge is 0.338 e. The van der Waals surface area contributed by atoms with Crippen molar-refractivity contribution in [2.24, 2.45) is 11.8 Å². The van der Waals surface area contributed by atoms with E-state index in [-0.39, 0.29) is 18.6 Å². The van der Waals surface area contributed by atoms with Crippen LogP contribution < -0.4 is 10.1 Å². The molecule has 1 fully saturated rings. The molecule has 0 unspecified atom stereocenters. The van der Waals surface area contributed by atoms with Gasteiger partial charge in [0.05, 0.1) is 17.1 Å². The largest absolute Gasteiger partial charge is 0.496 e. The molecule has 1 aromatic carbocycles. The van der Waals surface area contributed by atoms with E-state index < -0.39 is 5.97 Å². The highest BCUT2D eigenvalue weighted by molar-refractivity contribution is 9.10. The van der Waals surface area contributed by atoms with Crippen LogP contribution in [0.4, 0.5) is 0 Å². The lowest BCUT2D eigenvalue weighted by molar-refractivity contribution is -0.125. The Kier molecular flexibility index (Phi) is 6.66. The Hall–Kier alpha value is -1.56. The van der Waals surface area contributed by atoms with Crippen LogP contribution in [0, 0.1) is 11.8 Å². The van der Waals surface area contributed by atoms with Gasteiger partial charge in [-0.15, -0.1) is 0 Å². The molecular weight excluding hydrogens is 374 g/mol. The van der Waals surface area contributed by atoms with Crippen molar-refractivity contribution in [3.05, 3.63) is 28.2 Å². The average Bonchev–Trinajstić information content (AvgIpc) is 2.56. The number of halogens is 1. The number of hydrogen-bond acceptors (Lipinski definition) is 4. The van der Waals surface area contributed by atoms with Crippen LogP contribution in [0.3, 0.4) is 0 Å². The summed E-state index contributed by atoms with van der Waals surface area (Å²) in [5.74, 6) is 0.893. The van der Waals surface area contributed by atoms with Gasteiger partial charge >= 0.3 is 5.97 Å². The number of nitrogens with one attached hydrogen (secondary N) is 1. The summed E-state index contributed by atoms with van der Waals surface area (Å²) in [5.41, 5.74) is 0.370. The van der Waals surface area contributed by atoms with Gasteiger partial charge in [-0.25, -0.2) is 4.79 Å². The lowest BCUT2D eigenvalue weighted by Crippen LogP contribution is -2.45. The molecule has 0 bridgehead atoms. The van der Waals surface area contributed by atoms with E-state index >= 15 is 0 Å². The van der Waals surface area contributed by atoms with Gasteiger partial charge in [0.2, 0.25) is 0 Å². The fraction of sp³-hybridized carbons (Fsp3) is 0.556. The van der Waals surface area contributed by atoms with Crippen LogP contribution in [-0.2, 0) is 9.53 Å². The van der Waals surface area contributed by atoms with Gasteiger partial charge in [-0.3, -0.25) is 4.79 Å². The molecule has 0 aromatic heterocycles. The summed E-state index contributed by atoms with van der Waals surface area (Å²) in [6.45, 7) is 4.11. The van der Waals surface area contributed by atoms with E-state index in [0.29, 0.717) is 27.6 Å². The fourth-order valence-corrected chi connectivity index (χ4v) is 3.58. The van der Waals surface area contributed by atoms with E-state index in [1.807, 2.05) is 0 Å². The minimum Gasteiger partial charge on any atom is -0.496 e. The lowest BCUT2D eigenvalue weighted by atomic mass is 9.78. The molecule has 0 heterocycles. The van der Waals surface area contributed by atoms with Gasteiger partial charge in [0.15, 0.2) is 6.61 Å². The van der Waals surface area contributed by atoms with Gasteiger partial charge in [-0.2, -0.15) is 0 Å². The van der Waals surface area contributed by atoms with Crippen molar-refractivity contribution in [2.45, 2.75) is 39.2 Å². The van der Waals surface area contributed by atoms with Gasteiger partial charge in [0, 0.05) is 6.04 Å². The molecule has 132 valence electrons. The van der Waals surface area contributed by atoms with E-state index in [9.17, 15) is 9.59 Å². The summed E-state index contributed by atoms with van der Waals surface area (Å²) in [6, 6.07) is 5.06. The minimum atomic E-state index is -0.529. The van der Waals surface area contributed by atoms with Crippen LogP contribution in [-0.4, -0.2) is 31.6 Å². The maximum Gasteiger partial charge on any atom is 0.338 e. The number of benzene rings is 1. The third-order valence-corrected chi connectivity index (χ3v) is 5.39. The second-order valence-corrected chi connectivity index (χ2v) is 7.22. The number of methoxy groups -OCH3 is 1. The van der Waals surface area contributed by atoms with Crippen LogP contribution >= 0.6 is 15.9 Å².